The molecule has 0 radical (unpaired) electrons. The number of hydrogen-bond acceptors (Lipinski definition) is 0. The Labute approximate surface area is 106 Å². The predicted octanol–water partition coefficient (Wildman–Crippen LogP) is 5.34. The Kier molecular flexibility index (Phi) is 4.95. The number of allylic oxidation sites excluding steroid dienone is 3. The summed E-state index contributed by atoms with van der Waals surface area (Å²) in [6.45, 7) is 14.8. The third kappa shape index (κ3) is 4.79. The Morgan fingerprint density at radius 3 is 2.31 bits per heavy atom. The van der Waals surface area contributed by atoms with Crippen LogP contribution in [0.15, 0.2) is 23.2 Å². The molecule has 1 rings (SSSR count). The summed E-state index contributed by atoms with van der Waals surface area (Å²) in [6, 6.07) is 0. The monoisotopic (exact) mass is 286 g/mol. The second kappa shape index (κ2) is 5.44. The first-order chi connectivity index (χ1) is 7.20. The Morgan fingerprint density at radius 1 is 1.19 bits per heavy atom. The van der Waals surface area contributed by atoms with Gasteiger partial charge in [-0.3, -0.25) is 0 Å². The van der Waals surface area contributed by atoms with E-state index in [-0.39, 0.29) is 7.61 Å². The van der Waals surface area contributed by atoms with Crippen molar-refractivity contribution < 1.29 is 0 Å². The van der Waals surface area contributed by atoms with Crippen LogP contribution in [-0.2, 0) is 0 Å². The molecule has 0 bridgehead atoms. The van der Waals surface area contributed by atoms with Crippen LogP contribution in [0.5, 0.6) is 0 Å². The average Bonchev–Trinajstić information content (AvgIpc) is 2.12. The van der Waals surface area contributed by atoms with E-state index in [0.717, 1.165) is 0 Å². The van der Waals surface area contributed by atoms with Crippen molar-refractivity contribution >= 4 is 37.1 Å². The summed E-state index contributed by atoms with van der Waals surface area (Å²) in [5.41, 5.74) is 2.63. The van der Waals surface area contributed by atoms with Crippen LogP contribution in [-0.4, -0.2) is 27.7 Å². The molecule has 1 heterocycles. The van der Waals surface area contributed by atoms with Crippen LogP contribution in [0.3, 0.4) is 0 Å². The van der Waals surface area contributed by atoms with Crippen molar-refractivity contribution in [1.82, 2.24) is 0 Å². The van der Waals surface area contributed by atoms with Gasteiger partial charge in [0, 0.05) is 0 Å². The van der Waals surface area contributed by atoms with E-state index in [4.69, 9.17) is 0 Å². The summed E-state index contributed by atoms with van der Waals surface area (Å²) in [4.78, 5) is 1.82. The molecule has 0 aromatic carbocycles. The van der Waals surface area contributed by atoms with E-state index in [1.54, 1.807) is 7.89 Å². The third-order valence-corrected chi connectivity index (χ3v) is 15.5. The lowest BCUT2D eigenvalue weighted by molar-refractivity contribution is 1.65. The highest BCUT2D eigenvalue weighted by Crippen LogP contribution is 2.60. The summed E-state index contributed by atoms with van der Waals surface area (Å²) < 4.78 is 0. The molecule has 0 saturated carbocycles. The van der Waals surface area contributed by atoms with Gasteiger partial charge in [0.25, 0.3) is 0 Å². The molecular weight excluding hydrogens is 262 g/mol. The van der Waals surface area contributed by atoms with Gasteiger partial charge in [0.1, 0.15) is 0 Å². The van der Waals surface area contributed by atoms with Gasteiger partial charge >= 0.3 is 0 Å². The van der Waals surface area contributed by atoms with Crippen LogP contribution in [0.2, 0.25) is 39.3 Å². The van der Waals surface area contributed by atoms with Crippen LogP contribution < -0.4 is 0 Å². The zero-order valence-corrected chi connectivity index (χ0v) is 15.2. The second-order valence-corrected chi connectivity index (χ2v) is 21.7. The minimum absolute atomic E-state index is 0.0999. The van der Waals surface area contributed by atoms with Gasteiger partial charge in [0.15, 0.2) is 0 Å². The van der Waals surface area contributed by atoms with Crippen molar-refractivity contribution in [2.45, 2.75) is 39.3 Å². The lowest BCUT2D eigenvalue weighted by Crippen LogP contribution is -2.24. The van der Waals surface area contributed by atoms with Gasteiger partial charge < -0.3 is 0 Å². The summed E-state index contributed by atoms with van der Waals surface area (Å²) in [6.07, 6.45) is 8.37. The van der Waals surface area contributed by atoms with E-state index in [0.29, 0.717) is 0 Å². The highest BCUT2D eigenvalue weighted by atomic mass is 32.0. The van der Waals surface area contributed by atoms with Gasteiger partial charge in [-0.1, -0.05) is 70.8 Å². The average molecular weight is 286 g/mol. The van der Waals surface area contributed by atoms with E-state index < -0.39 is 16.1 Å². The molecule has 4 heteroatoms. The van der Waals surface area contributed by atoms with Crippen molar-refractivity contribution in [2.75, 3.05) is 6.16 Å². The zero-order chi connectivity index (χ0) is 12.4. The number of rotatable bonds is 3. The van der Waals surface area contributed by atoms with Crippen LogP contribution in [0.25, 0.3) is 0 Å². The van der Waals surface area contributed by atoms with E-state index >= 15 is 0 Å². The highest BCUT2D eigenvalue weighted by molar-refractivity contribution is 8.24. The second-order valence-electron chi connectivity index (χ2n) is 6.42. The molecule has 0 saturated heterocycles. The van der Waals surface area contributed by atoms with Crippen molar-refractivity contribution in [2.24, 2.45) is 0 Å². The van der Waals surface area contributed by atoms with Crippen molar-refractivity contribution in [3.8, 4) is 0 Å². The molecule has 0 aliphatic carbocycles. The summed E-state index contributed by atoms with van der Waals surface area (Å²) in [5, 5.41) is 0. The third-order valence-electron chi connectivity index (χ3n) is 2.30. The molecule has 0 nitrogen and oxygen atoms in total. The molecule has 1 unspecified atom stereocenters. The van der Waals surface area contributed by atoms with E-state index in [9.17, 15) is 0 Å². The van der Waals surface area contributed by atoms with Crippen molar-refractivity contribution in [1.29, 1.82) is 0 Å². The molecule has 1 aliphatic rings. The molecule has 1 aliphatic heterocycles. The minimum atomic E-state index is -1.09. The van der Waals surface area contributed by atoms with Crippen LogP contribution in [0.4, 0.5) is 0 Å². The SMILES string of the molecule is C[Si](C)(C)C=PP1CC=CC=C1[Si](C)(C)C. The standard InChI is InChI=1S/C12H24P2Si2/c1-15(2,3)11-13-14-10-8-7-9-12(14)16(4,5)6/h7-9,11H,10H2,1-6H3. The first-order valence-electron chi connectivity index (χ1n) is 5.90. The number of hydrogen-bond donors (Lipinski definition) is 0. The van der Waals surface area contributed by atoms with Crippen LogP contribution in [0, 0.1) is 0 Å². The van der Waals surface area contributed by atoms with Gasteiger partial charge in [-0.05, 0) is 18.7 Å². The smallest absolute Gasteiger partial charge is 0.0790 e. The van der Waals surface area contributed by atoms with E-state index in [2.05, 4.69) is 62.9 Å². The van der Waals surface area contributed by atoms with E-state index in [1.165, 1.54) is 6.16 Å². The lowest BCUT2D eigenvalue weighted by atomic mass is 10.5. The maximum atomic E-state index is 2.63. The fourth-order valence-corrected chi connectivity index (χ4v) is 17.1. The molecule has 0 spiro atoms. The molecule has 1 atom stereocenters. The Hall–Kier alpha value is 0.514. The molecule has 0 amide bonds. The predicted molar refractivity (Wildman–Crippen MR) is 88.7 cm³/mol. The van der Waals surface area contributed by atoms with E-state index in [1.807, 2.05) is 4.94 Å². The molecule has 0 aromatic rings. The molecular formula is C12H24P2Si2. The van der Waals surface area contributed by atoms with Crippen LogP contribution >= 0.6 is 15.5 Å². The lowest BCUT2D eigenvalue weighted by Gasteiger charge is -2.28. The summed E-state index contributed by atoms with van der Waals surface area (Å²) >= 11 is 0. The van der Waals surface area contributed by atoms with Gasteiger partial charge in [0.05, 0.1) is 16.1 Å². The maximum Gasteiger partial charge on any atom is 0.0790 e. The van der Waals surface area contributed by atoms with Crippen LogP contribution in [0.1, 0.15) is 0 Å². The minimum Gasteiger partial charge on any atom is -0.0802 e. The molecule has 0 N–H and O–H groups in total. The summed E-state index contributed by atoms with van der Waals surface area (Å²) in [7, 11) is -0.346. The normalized spacial score (nSPS) is 22.6. The van der Waals surface area contributed by atoms with Gasteiger partial charge in [-0.25, -0.2) is 0 Å². The Bertz CT molecular complexity index is 330. The topological polar surface area (TPSA) is 0 Å². The largest absolute Gasteiger partial charge is 0.0802 e. The first kappa shape index (κ1) is 14.6. The van der Waals surface area contributed by atoms with Gasteiger partial charge in [-0.15, -0.1) is 0 Å². The Morgan fingerprint density at radius 2 is 1.81 bits per heavy atom. The molecule has 16 heavy (non-hydrogen) atoms. The van der Waals surface area contributed by atoms with Gasteiger partial charge in [-0.2, -0.15) is 0 Å². The van der Waals surface area contributed by atoms with Gasteiger partial charge in [0.2, 0.25) is 0 Å². The fourth-order valence-electron chi connectivity index (χ4n) is 1.49. The quantitative estimate of drug-likeness (QED) is 0.485. The molecule has 0 fully saturated rings. The zero-order valence-electron chi connectivity index (χ0n) is 11.4. The Balaban J connectivity index is 2.86. The fraction of sp³-hybridized carbons (Fsp3) is 0.583. The molecule has 0 aromatic heterocycles. The highest BCUT2D eigenvalue weighted by Gasteiger charge is 2.26. The summed E-state index contributed by atoms with van der Waals surface area (Å²) in [5.74, 6) is 0. The van der Waals surface area contributed by atoms with Crippen molar-refractivity contribution in [3.63, 3.8) is 0 Å². The maximum absolute atomic E-state index is 2.63. The molecule has 90 valence electrons. The van der Waals surface area contributed by atoms with Crippen molar-refractivity contribution in [3.05, 3.63) is 23.2 Å². The first-order valence-corrected chi connectivity index (χ1v) is 16.2.